The Morgan fingerprint density at radius 1 is 0.966 bits per heavy atom. The predicted octanol–water partition coefficient (Wildman–Crippen LogP) is 1.65. The molecule has 1 aliphatic rings. The number of nitrogens with one attached hydrogen (secondary N) is 2. The molecular formula is C22H24FN3O3. The lowest BCUT2D eigenvalue weighted by Gasteiger charge is -2.16. The van der Waals surface area contributed by atoms with Gasteiger partial charge in [-0.25, -0.2) is 4.39 Å². The van der Waals surface area contributed by atoms with Crippen molar-refractivity contribution in [3.63, 3.8) is 0 Å². The number of benzene rings is 2. The van der Waals surface area contributed by atoms with Crippen molar-refractivity contribution in [3.05, 3.63) is 71.5 Å². The Hall–Kier alpha value is -3.22. The van der Waals surface area contributed by atoms with Crippen LogP contribution in [0.25, 0.3) is 0 Å². The second-order valence-corrected chi connectivity index (χ2v) is 7.11. The van der Waals surface area contributed by atoms with Crippen LogP contribution in [0.3, 0.4) is 0 Å². The SMILES string of the molecule is O=C(Cc1ccc(F)cc1)NCCNC(=O)C1CC(=O)N(Cc2ccccc2)C1. The standard InChI is InChI=1S/C22H24FN3O3/c23-19-8-6-16(7-9-19)12-20(27)24-10-11-25-22(29)18-13-21(28)26(15-18)14-17-4-2-1-3-5-17/h1-9,18H,10-15H2,(H,24,27)(H,25,29). The number of nitrogens with zero attached hydrogens (tertiary/aromatic N) is 1. The zero-order chi connectivity index (χ0) is 20.6. The van der Waals surface area contributed by atoms with Crippen molar-refractivity contribution in [3.8, 4) is 0 Å². The van der Waals surface area contributed by atoms with Gasteiger partial charge in [0.05, 0.1) is 12.3 Å². The second-order valence-electron chi connectivity index (χ2n) is 7.11. The van der Waals surface area contributed by atoms with E-state index in [0.717, 1.165) is 11.1 Å². The first-order valence-corrected chi connectivity index (χ1v) is 9.62. The first kappa shape index (κ1) is 20.5. The van der Waals surface area contributed by atoms with E-state index in [4.69, 9.17) is 0 Å². The van der Waals surface area contributed by atoms with E-state index in [1.807, 2.05) is 30.3 Å². The van der Waals surface area contributed by atoms with Gasteiger partial charge in [0.25, 0.3) is 0 Å². The van der Waals surface area contributed by atoms with Crippen LogP contribution in [0.5, 0.6) is 0 Å². The molecule has 1 heterocycles. The van der Waals surface area contributed by atoms with Gasteiger partial charge in [0.1, 0.15) is 5.82 Å². The van der Waals surface area contributed by atoms with Crippen LogP contribution in [-0.2, 0) is 27.3 Å². The molecule has 152 valence electrons. The topological polar surface area (TPSA) is 78.5 Å². The summed E-state index contributed by atoms with van der Waals surface area (Å²) in [6, 6.07) is 15.4. The minimum Gasteiger partial charge on any atom is -0.354 e. The third-order valence-electron chi connectivity index (χ3n) is 4.83. The summed E-state index contributed by atoms with van der Waals surface area (Å²) < 4.78 is 12.9. The number of amides is 3. The normalized spacial score (nSPS) is 16.0. The molecular weight excluding hydrogens is 373 g/mol. The third-order valence-corrected chi connectivity index (χ3v) is 4.83. The Bertz CT molecular complexity index is 855. The minimum absolute atomic E-state index is 0.0263. The van der Waals surface area contributed by atoms with E-state index in [2.05, 4.69) is 10.6 Å². The van der Waals surface area contributed by atoms with Gasteiger partial charge < -0.3 is 15.5 Å². The number of carbonyl (C=O) groups is 3. The molecule has 1 aliphatic heterocycles. The Kier molecular flexibility index (Phi) is 6.94. The summed E-state index contributed by atoms with van der Waals surface area (Å²) in [6.45, 7) is 1.48. The molecule has 6 nitrogen and oxygen atoms in total. The minimum atomic E-state index is -0.374. The first-order valence-electron chi connectivity index (χ1n) is 9.62. The van der Waals surface area contributed by atoms with Gasteiger partial charge in [-0.3, -0.25) is 14.4 Å². The first-order chi connectivity index (χ1) is 14.0. The molecule has 0 radical (unpaired) electrons. The van der Waals surface area contributed by atoms with Crippen molar-refractivity contribution in [2.45, 2.75) is 19.4 Å². The Morgan fingerprint density at radius 3 is 2.38 bits per heavy atom. The van der Waals surface area contributed by atoms with Gasteiger partial charge in [-0.1, -0.05) is 42.5 Å². The fourth-order valence-electron chi connectivity index (χ4n) is 3.29. The highest BCUT2D eigenvalue weighted by atomic mass is 19.1. The fourth-order valence-corrected chi connectivity index (χ4v) is 3.29. The van der Waals surface area contributed by atoms with Crippen LogP contribution in [0.4, 0.5) is 4.39 Å². The molecule has 0 saturated carbocycles. The van der Waals surface area contributed by atoms with Crippen LogP contribution >= 0.6 is 0 Å². The maximum Gasteiger partial charge on any atom is 0.225 e. The van der Waals surface area contributed by atoms with Gasteiger partial charge in [-0.15, -0.1) is 0 Å². The lowest BCUT2D eigenvalue weighted by Crippen LogP contribution is -2.38. The van der Waals surface area contributed by atoms with Crippen molar-refractivity contribution < 1.29 is 18.8 Å². The zero-order valence-electron chi connectivity index (χ0n) is 16.1. The summed E-state index contributed by atoms with van der Waals surface area (Å²) >= 11 is 0. The van der Waals surface area contributed by atoms with E-state index in [1.54, 1.807) is 17.0 Å². The molecule has 2 aromatic rings. The average molecular weight is 397 g/mol. The number of hydrogen-bond acceptors (Lipinski definition) is 3. The summed E-state index contributed by atoms with van der Waals surface area (Å²) in [5, 5.41) is 5.49. The van der Waals surface area contributed by atoms with Gasteiger partial charge in [0.15, 0.2) is 0 Å². The van der Waals surface area contributed by atoms with E-state index in [-0.39, 0.29) is 48.8 Å². The van der Waals surface area contributed by atoms with Gasteiger partial charge >= 0.3 is 0 Å². The summed E-state index contributed by atoms with van der Waals surface area (Å²) in [4.78, 5) is 38.1. The third kappa shape index (κ3) is 6.14. The second kappa shape index (κ2) is 9.82. The van der Waals surface area contributed by atoms with Crippen molar-refractivity contribution in [2.24, 2.45) is 5.92 Å². The molecule has 29 heavy (non-hydrogen) atoms. The maximum atomic E-state index is 12.9. The Labute approximate surface area is 169 Å². The highest BCUT2D eigenvalue weighted by molar-refractivity contribution is 5.89. The van der Waals surface area contributed by atoms with Crippen LogP contribution in [0.1, 0.15) is 17.5 Å². The van der Waals surface area contributed by atoms with Gasteiger partial charge in [0.2, 0.25) is 17.7 Å². The van der Waals surface area contributed by atoms with Gasteiger partial charge in [-0.05, 0) is 23.3 Å². The molecule has 1 fully saturated rings. The molecule has 2 N–H and O–H groups in total. The van der Waals surface area contributed by atoms with Crippen LogP contribution in [-0.4, -0.2) is 42.3 Å². The largest absolute Gasteiger partial charge is 0.354 e. The number of rotatable bonds is 8. The van der Waals surface area contributed by atoms with Crippen molar-refractivity contribution in [2.75, 3.05) is 19.6 Å². The number of hydrogen-bond donors (Lipinski definition) is 2. The summed E-state index contributed by atoms with van der Waals surface area (Å²) in [6.07, 6.45) is 0.357. The average Bonchev–Trinajstić information content (AvgIpc) is 3.08. The van der Waals surface area contributed by atoms with Gasteiger partial charge in [-0.2, -0.15) is 0 Å². The molecule has 3 amide bonds. The molecule has 0 aliphatic carbocycles. The fraction of sp³-hybridized carbons (Fsp3) is 0.318. The molecule has 7 heteroatoms. The van der Waals surface area contributed by atoms with Crippen molar-refractivity contribution >= 4 is 17.7 Å². The molecule has 1 unspecified atom stereocenters. The molecule has 0 aromatic heterocycles. The van der Waals surface area contributed by atoms with Crippen LogP contribution in [0.2, 0.25) is 0 Å². The number of likely N-dealkylation sites (tertiary alicyclic amines) is 1. The predicted molar refractivity (Wildman–Crippen MR) is 106 cm³/mol. The molecule has 3 rings (SSSR count). The summed E-state index contributed by atoms with van der Waals surface area (Å²) in [5.41, 5.74) is 1.75. The molecule has 0 spiro atoms. The van der Waals surface area contributed by atoms with Crippen molar-refractivity contribution in [1.29, 1.82) is 0 Å². The zero-order valence-corrected chi connectivity index (χ0v) is 16.1. The molecule has 1 saturated heterocycles. The van der Waals surface area contributed by atoms with E-state index >= 15 is 0 Å². The Morgan fingerprint density at radius 2 is 1.66 bits per heavy atom. The van der Waals surface area contributed by atoms with Gasteiger partial charge in [0, 0.05) is 32.6 Å². The molecule has 1 atom stereocenters. The van der Waals surface area contributed by atoms with E-state index in [0.29, 0.717) is 19.6 Å². The molecule has 0 bridgehead atoms. The van der Waals surface area contributed by atoms with Crippen LogP contribution < -0.4 is 10.6 Å². The summed E-state index contributed by atoms with van der Waals surface area (Å²) in [5.74, 6) is -1.12. The van der Waals surface area contributed by atoms with E-state index in [1.165, 1.54) is 12.1 Å². The van der Waals surface area contributed by atoms with Crippen LogP contribution in [0.15, 0.2) is 54.6 Å². The quantitative estimate of drug-likeness (QED) is 0.665. The number of halogens is 1. The van der Waals surface area contributed by atoms with Crippen LogP contribution in [0, 0.1) is 11.7 Å². The highest BCUT2D eigenvalue weighted by Crippen LogP contribution is 2.20. The highest BCUT2D eigenvalue weighted by Gasteiger charge is 2.33. The van der Waals surface area contributed by atoms with E-state index in [9.17, 15) is 18.8 Å². The number of carbonyl (C=O) groups excluding carboxylic acids is 3. The maximum absolute atomic E-state index is 12.9. The lowest BCUT2D eigenvalue weighted by atomic mass is 10.1. The lowest BCUT2D eigenvalue weighted by molar-refractivity contribution is -0.129. The Balaban J connectivity index is 1.35. The summed E-state index contributed by atoms with van der Waals surface area (Å²) in [7, 11) is 0. The van der Waals surface area contributed by atoms with E-state index < -0.39 is 0 Å². The van der Waals surface area contributed by atoms with Crippen molar-refractivity contribution in [1.82, 2.24) is 15.5 Å². The monoisotopic (exact) mass is 397 g/mol. The molecule has 2 aromatic carbocycles. The smallest absolute Gasteiger partial charge is 0.225 e.